The molecule has 24 heavy (non-hydrogen) atoms. The molecule has 2 unspecified atom stereocenters. The maximum atomic E-state index is 12.0. The summed E-state index contributed by atoms with van der Waals surface area (Å²) in [6.07, 6.45) is 3.49. The van der Waals surface area contributed by atoms with Crippen LogP contribution in [0.15, 0.2) is 40.8 Å². The van der Waals surface area contributed by atoms with Crippen LogP contribution in [0, 0.1) is 6.92 Å². The zero-order valence-corrected chi connectivity index (χ0v) is 13.8. The number of hydrogen-bond acceptors (Lipinski definition) is 4. The minimum atomic E-state index is -0.394. The monoisotopic (exact) mass is 329 g/mol. The standard InChI is InChI=1S/C19H23NO4/c1-13-6-9-16(23-13)12-19(22)20-14-7-10-15(11-8-14)24-18-5-3-2-4-17(18)21/h6-11,17-18,21H,2-5,12H2,1H3,(H,20,22). The Hall–Kier alpha value is -2.27. The quantitative estimate of drug-likeness (QED) is 0.881. The van der Waals surface area contributed by atoms with E-state index >= 15 is 0 Å². The van der Waals surface area contributed by atoms with Crippen LogP contribution in [0.3, 0.4) is 0 Å². The first kappa shape index (κ1) is 16.6. The molecule has 1 heterocycles. The van der Waals surface area contributed by atoms with Crippen LogP contribution in [0.4, 0.5) is 5.69 Å². The fourth-order valence-electron chi connectivity index (χ4n) is 2.95. The van der Waals surface area contributed by atoms with Gasteiger partial charge in [0.2, 0.25) is 5.91 Å². The van der Waals surface area contributed by atoms with E-state index in [0.717, 1.165) is 31.4 Å². The second-order valence-corrected chi connectivity index (χ2v) is 6.27. The number of aryl methyl sites for hydroxylation is 1. The third-order valence-electron chi connectivity index (χ3n) is 4.22. The number of aliphatic hydroxyl groups excluding tert-OH is 1. The Labute approximate surface area is 141 Å². The van der Waals surface area contributed by atoms with Crippen LogP contribution in [0.5, 0.6) is 5.75 Å². The van der Waals surface area contributed by atoms with Gasteiger partial charge in [0, 0.05) is 5.69 Å². The van der Waals surface area contributed by atoms with Crippen molar-refractivity contribution >= 4 is 11.6 Å². The van der Waals surface area contributed by atoms with Gasteiger partial charge >= 0.3 is 0 Å². The second kappa shape index (κ2) is 7.53. The van der Waals surface area contributed by atoms with Gasteiger partial charge in [-0.05, 0) is 62.6 Å². The van der Waals surface area contributed by atoms with E-state index in [1.165, 1.54) is 0 Å². The molecule has 0 bridgehead atoms. The maximum Gasteiger partial charge on any atom is 0.231 e. The molecule has 2 atom stereocenters. The molecule has 2 aromatic rings. The van der Waals surface area contributed by atoms with Crippen LogP contribution in [0.25, 0.3) is 0 Å². The average molecular weight is 329 g/mol. The van der Waals surface area contributed by atoms with Crippen molar-refractivity contribution in [2.24, 2.45) is 0 Å². The second-order valence-electron chi connectivity index (χ2n) is 6.27. The van der Waals surface area contributed by atoms with E-state index in [9.17, 15) is 9.90 Å². The molecule has 2 N–H and O–H groups in total. The van der Waals surface area contributed by atoms with E-state index in [1.807, 2.05) is 25.1 Å². The SMILES string of the molecule is Cc1ccc(CC(=O)Nc2ccc(OC3CCCCC3O)cc2)o1. The van der Waals surface area contributed by atoms with Gasteiger partial charge in [-0.25, -0.2) is 0 Å². The van der Waals surface area contributed by atoms with Crippen LogP contribution < -0.4 is 10.1 Å². The molecule has 128 valence electrons. The van der Waals surface area contributed by atoms with Gasteiger partial charge < -0.3 is 19.6 Å². The van der Waals surface area contributed by atoms with Gasteiger partial charge in [-0.15, -0.1) is 0 Å². The number of anilines is 1. The van der Waals surface area contributed by atoms with E-state index in [-0.39, 0.29) is 18.4 Å². The Balaban J connectivity index is 1.53. The molecule has 0 saturated heterocycles. The lowest BCUT2D eigenvalue weighted by Gasteiger charge is -2.28. The van der Waals surface area contributed by atoms with Crippen LogP contribution in [-0.2, 0) is 11.2 Å². The van der Waals surface area contributed by atoms with Crippen molar-refractivity contribution in [3.05, 3.63) is 47.9 Å². The average Bonchev–Trinajstić information content (AvgIpc) is 2.96. The third-order valence-corrected chi connectivity index (χ3v) is 4.22. The Kier molecular flexibility index (Phi) is 5.20. The Bertz CT molecular complexity index is 677. The van der Waals surface area contributed by atoms with Crippen LogP contribution in [0.1, 0.15) is 37.2 Å². The molecule has 1 aliphatic carbocycles. The maximum absolute atomic E-state index is 12.0. The van der Waals surface area contributed by atoms with Crippen molar-refractivity contribution < 1.29 is 19.1 Å². The van der Waals surface area contributed by atoms with E-state index in [0.29, 0.717) is 17.2 Å². The highest BCUT2D eigenvalue weighted by atomic mass is 16.5. The Morgan fingerprint density at radius 3 is 2.62 bits per heavy atom. The highest BCUT2D eigenvalue weighted by molar-refractivity contribution is 5.91. The minimum absolute atomic E-state index is 0.124. The van der Waals surface area contributed by atoms with Crippen molar-refractivity contribution in [3.8, 4) is 5.75 Å². The predicted molar refractivity (Wildman–Crippen MR) is 91.1 cm³/mol. The zero-order valence-electron chi connectivity index (χ0n) is 13.8. The molecule has 1 aliphatic rings. The Morgan fingerprint density at radius 2 is 1.96 bits per heavy atom. The number of amides is 1. The normalized spacial score (nSPS) is 20.6. The molecule has 0 aliphatic heterocycles. The number of nitrogens with one attached hydrogen (secondary N) is 1. The molecule has 1 aromatic heterocycles. The smallest absolute Gasteiger partial charge is 0.231 e. The lowest BCUT2D eigenvalue weighted by Crippen LogP contribution is -2.34. The van der Waals surface area contributed by atoms with Gasteiger partial charge in [-0.1, -0.05) is 6.42 Å². The summed E-state index contributed by atoms with van der Waals surface area (Å²) in [5.41, 5.74) is 0.708. The molecular weight excluding hydrogens is 306 g/mol. The summed E-state index contributed by atoms with van der Waals surface area (Å²) in [6, 6.07) is 10.9. The van der Waals surface area contributed by atoms with E-state index in [4.69, 9.17) is 9.15 Å². The number of furan rings is 1. The van der Waals surface area contributed by atoms with Gasteiger partial charge in [0.25, 0.3) is 0 Å². The highest BCUT2D eigenvalue weighted by Gasteiger charge is 2.24. The van der Waals surface area contributed by atoms with Gasteiger partial charge in [0.15, 0.2) is 0 Å². The van der Waals surface area contributed by atoms with Crippen molar-refractivity contribution in [2.45, 2.75) is 51.2 Å². The van der Waals surface area contributed by atoms with Crippen LogP contribution >= 0.6 is 0 Å². The predicted octanol–water partition coefficient (Wildman–Crippen LogP) is 3.45. The molecule has 1 fully saturated rings. The lowest BCUT2D eigenvalue weighted by atomic mass is 9.95. The first-order chi connectivity index (χ1) is 11.6. The van der Waals surface area contributed by atoms with Gasteiger partial charge in [-0.3, -0.25) is 4.79 Å². The summed E-state index contributed by atoms with van der Waals surface area (Å²) in [4.78, 5) is 12.0. The van der Waals surface area contributed by atoms with Crippen molar-refractivity contribution in [2.75, 3.05) is 5.32 Å². The number of ether oxygens (including phenoxy) is 1. The highest BCUT2D eigenvalue weighted by Crippen LogP contribution is 2.25. The summed E-state index contributed by atoms with van der Waals surface area (Å²) < 4.78 is 11.2. The third kappa shape index (κ3) is 4.38. The molecular formula is C19H23NO4. The first-order valence-electron chi connectivity index (χ1n) is 8.40. The lowest BCUT2D eigenvalue weighted by molar-refractivity contribution is -0.115. The largest absolute Gasteiger partial charge is 0.488 e. The summed E-state index contributed by atoms with van der Waals surface area (Å²) in [6.45, 7) is 1.85. The van der Waals surface area contributed by atoms with Gasteiger partial charge in [0.1, 0.15) is 23.4 Å². The summed E-state index contributed by atoms with van der Waals surface area (Å²) >= 11 is 0. The molecule has 1 saturated carbocycles. The molecule has 0 radical (unpaired) electrons. The topological polar surface area (TPSA) is 71.7 Å². The summed E-state index contributed by atoms with van der Waals surface area (Å²) in [5.74, 6) is 2.03. The summed E-state index contributed by atoms with van der Waals surface area (Å²) in [5, 5.41) is 12.8. The number of carbonyl (C=O) groups is 1. The molecule has 1 aromatic carbocycles. The van der Waals surface area contributed by atoms with E-state index < -0.39 is 6.10 Å². The van der Waals surface area contributed by atoms with Crippen LogP contribution in [0.2, 0.25) is 0 Å². The van der Waals surface area contributed by atoms with Gasteiger partial charge in [-0.2, -0.15) is 0 Å². The van der Waals surface area contributed by atoms with E-state index in [2.05, 4.69) is 5.32 Å². The summed E-state index contributed by atoms with van der Waals surface area (Å²) in [7, 11) is 0. The van der Waals surface area contributed by atoms with Crippen LogP contribution in [-0.4, -0.2) is 23.2 Å². The Morgan fingerprint density at radius 1 is 1.21 bits per heavy atom. The van der Waals surface area contributed by atoms with E-state index in [1.54, 1.807) is 18.2 Å². The zero-order chi connectivity index (χ0) is 16.9. The number of rotatable bonds is 5. The number of aliphatic hydroxyl groups is 1. The molecule has 5 nitrogen and oxygen atoms in total. The minimum Gasteiger partial charge on any atom is -0.488 e. The molecule has 0 spiro atoms. The van der Waals surface area contributed by atoms with Gasteiger partial charge in [0.05, 0.1) is 12.5 Å². The number of hydrogen-bond donors (Lipinski definition) is 2. The fourth-order valence-corrected chi connectivity index (χ4v) is 2.95. The van der Waals surface area contributed by atoms with Crippen molar-refractivity contribution in [1.82, 2.24) is 0 Å². The van der Waals surface area contributed by atoms with Crippen molar-refractivity contribution in [3.63, 3.8) is 0 Å². The number of benzene rings is 1. The molecule has 5 heteroatoms. The molecule has 1 amide bonds. The molecule has 3 rings (SSSR count). The first-order valence-corrected chi connectivity index (χ1v) is 8.40. The fraction of sp³-hybridized carbons (Fsp3) is 0.421. The number of carbonyl (C=O) groups excluding carboxylic acids is 1. The van der Waals surface area contributed by atoms with Crippen molar-refractivity contribution in [1.29, 1.82) is 0 Å².